The highest BCUT2D eigenvalue weighted by Gasteiger charge is 2.06. The molecule has 0 aromatic heterocycles. The third-order valence-corrected chi connectivity index (χ3v) is 1.35. The summed E-state index contributed by atoms with van der Waals surface area (Å²) in [5.74, 6) is -0.112. The van der Waals surface area contributed by atoms with Crippen LogP contribution in [0, 0.1) is 0 Å². The van der Waals surface area contributed by atoms with E-state index in [1.165, 1.54) is 4.90 Å². The van der Waals surface area contributed by atoms with Crippen LogP contribution in [0.5, 0.6) is 0 Å². The van der Waals surface area contributed by atoms with Crippen molar-refractivity contribution in [2.24, 2.45) is 0 Å². The van der Waals surface area contributed by atoms with E-state index in [0.29, 0.717) is 13.0 Å². The molecule has 0 radical (unpaired) electrons. The molecule has 0 aliphatic carbocycles. The average Bonchev–Trinajstić information content (AvgIpc) is 1.98. The number of hydrogen-bond acceptors (Lipinski definition) is 2. The molecule has 0 bridgehead atoms. The van der Waals surface area contributed by atoms with Crippen molar-refractivity contribution in [1.82, 2.24) is 10.2 Å². The van der Waals surface area contributed by atoms with Gasteiger partial charge in [0.1, 0.15) is 0 Å². The van der Waals surface area contributed by atoms with Crippen LogP contribution in [0.15, 0.2) is 0 Å². The Kier molecular flexibility index (Phi) is 5.08. The zero-order valence-electron chi connectivity index (χ0n) is 7.83. The molecule has 0 spiro atoms. The summed E-state index contributed by atoms with van der Waals surface area (Å²) in [5, 5.41) is 2.70. The quantitative estimate of drug-likeness (QED) is 0.593. The second-order valence-electron chi connectivity index (χ2n) is 2.89. The van der Waals surface area contributed by atoms with Crippen LogP contribution < -0.4 is 5.32 Å². The second-order valence-corrected chi connectivity index (χ2v) is 2.89. The standard InChI is InChI=1S/C8H16N2O2/c1-4-10(6-11)5-8(12)9-7(2)3/h6-7H,4-5H2,1-3H3,(H,9,12). The van der Waals surface area contributed by atoms with E-state index in [0.717, 1.165) is 0 Å². The summed E-state index contributed by atoms with van der Waals surface area (Å²) in [4.78, 5) is 22.8. The SMILES string of the molecule is CCN(C=O)CC(=O)NC(C)C. The molecule has 12 heavy (non-hydrogen) atoms. The lowest BCUT2D eigenvalue weighted by atomic mass is 10.4. The Bertz CT molecular complexity index is 157. The third-order valence-electron chi connectivity index (χ3n) is 1.35. The lowest BCUT2D eigenvalue weighted by molar-refractivity contribution is -0.128. The van der Waals surface area contributed by atoms with E-state index in [2.05, 4.69) is 5.32 Å². The van der Waals surface area contributed by atoms with Crippen LogP contribution >= 0.6 is 0 Å². The van der Waals surface area contributed by atoms with E-state index in [-0.39, 0.29) is 18.5 Å². The molecular weight excluding hydrogens is 156 g/mol. The molecule has 0 aromatic carbocycles. The fraction of sp³-hybridized carbons (Fsp3) is 0.750. The number of nitrogens with one attached hydrogen (secondary N) is 1. The summed E-state index contributed by atoms with van der Waals surface area (Å²) in [6.07, 6.45) is 0.680. The monoisotopic (exact) mass is 172 g/mol. The normalized spacial score (nSPS) is 9.67. The van der Waals surface area contributed by atoms with Gasteiger partial charge in [0, 0.05) is 12.6 Å². The molecule has 0 atom stereocenters. The van der Waals surface area contributed by atoms with Crippen LogP contribution in [-0.2, 0) is 9.59 Å². The maximum absolute atomic E-state index is 11.1. The molecule has 0 rings (SSSR count). The minimum absolute atomic E-state index is 0.112. The van der Waals surface area contributed by atoms with Crippen molar-refractivity contribution >= 4 is 12.3 Å². The topological polar surface area (TPSA) is 49.4 Å². The summed E-state index contributed by atoms with van der Waals surface area (Å²) in [5.41, 5.74) is 0. The van der Waals surface area contributed by atoms with Crippen molar-refractivity contribution in [1.29, 1.82) is 0 Å². The molecule has 0 aliphatic rings. The van der Waals surface area contributed by atoms with Gasteiger partial charge in [0.15, 0.2) is 0 Å². The first kappa shape index (κ1) is 10.9. The number of carbonyl (C=O) groups is 2. The van der Waals surface area contributed by atoms with Gasteiger partial charge in [0.2, 0.25) is 12.3 Å². The maximum Gasteiger partial charge on any atom is 0.239 e. The Morgan fingerprint density at radius 2 is 2.17 bits per heavy atom. The summed E-state index contributed by atoms with van der Waals surface area (Å²) < 4.78 is 0. The molecule has 0 fully saturated rings. The van der Waals surface area contributed by atoms with E-state index in [4.69, 9.17) is 0 Å². The van der Waals surface area contributed by atoms with Crippen molar-refractivity contribution in [3.05, 3.63) is 0 Å². The smallest absolute Gasteiger partial charge is 0.239 e. The number of nitrogens with zero attached hydrogens (tertiary/aromatic N) is 1. The molecule has 0 saturated carbocycles. The first-order chi connectivity index (χ1) is 5.60. The van der Waals surface area contributed by atoms with Crippen LogP contribution in [0.4, 0.5) is 0 Å². The van der Waals surface area contributed by atoms with E-state index < -0.39 is 0 Å². The van der Waals surface area contributed by atoms with E-state index in [1.54, 1.807) is 0 Å². The van der Waals surface area contributed by atoms with Gasteiger partial charge < -0.3 is 10.2 Å². The summed E-state index contributed by atoms with van der Waals surface area (Å²) in [7, 11) is 0. The first-order valence-corrected chi connectivity index (χ1v) is 4.08. The van der Waals surface area contributed by atoms with Gasteiger partial charge in [0.05, 0.1) is 6.54 Å². The number of likely N-dealkylation sites (N-methyl/N-ethyl adjacent to an activating group) is 1. The molecule has 0 unspecified atom stereocenters. The molecule has 70 valence electrons. The molecule has 0 saturated heterocycles. The maximum atomic E-state index is 11.1. The van der Waals surface area contributed by atoms with Crippen molar-refractivity contribution < 1.29 is 9.59 Å². The van der Waals surface area contributed by atoms with Gasteiger partial charge >= 0.3 is 0 Å². The van der Waals surface area contributed by atoms with Gasteiger partial charge in [-0.05, 0) is 20.8 Å². The van der Waals surface area contributed by atoms with Gasteiger partial charge in [-0.15, -0.1) is 0 Å². The summed E-state index contributed by atoms with van der Waals surface area (Å²) in [6, 6.07) is 0.128. The molecule has 4 heteroatoms. The van der Waals surface area contributed by atoms with Crippen LogP contribution in [0.3, 0.4) is 0 Å². The Morgan fingerprint density at radius 3 is 2.50 bits per heavy atom. The zero-order valence-corrected chi connectivity index (χ0v) is 7.83. The van der Waals surface area contributed by atoms with Gasteiger partial charge in [-0.25, -0.2) is 0 Å². The Hall–Kier alpha value is -1.06. The molecular formula is C8H16N2O2. The van der Waals surface area contributed by atoms with Crippen molar-refractivity contribution in [2.75, 3.05) is 13.1 Å². The van der Waals surface area contributed by atoms with Crippen LogP contribution in [0.1, 0.15) is 20.8 Å². The molecule has 0 aromatic rings. The number of carbonyl (C=O) groups excluding carboxylic acids is 2. The van der Waals surface area contributed by atoms with E-state index in [9.17, 15) is 9.59 Å². The van der Waals surface area contributed by atoms with Crippen molar-refractivity contribution in [3.63, 3.8) is 0 Å². The third kappa shape index (κ3) is 4.71. The highest BCUT2D eigenvalue weighted by molar-refractivity contribution is 5.80. The van der Waals surface area contributed by atoms with Crippen molar-refractivity contribution in [2.45, 2.75) is 26.8 Å². The minimum atomic E-state index is -0.112. The lowest BCUT2D eigenvalue weighted by Crippen LogP contribution is -2.39. The minimum Gasteiger partial charge on any atom is -0.352 e. The molecule has 0 aliphatic heterocycles. The van der Waals surface area contributed by atoms with Gasteiger partial charge in [-0.2, -0.15) is 0 Å². The Labute approximate surface area is 72.9 Å². The van der Waals surface area contributed by atoms with Gasteiger partial charge in [-0.1, -0.05) is 0 Å². The predicted molar refractivity (Wildman–Crippen MR) is 46.6 cm³/mol. The molecule has 0 heterocycles. The lowest BCUT2D eigenvalue weighted by Gasteiger charge is -2.15. The van der Waals surface area contributed by atoms with Crippen molar-refractivity contribution in [3.8, 4) is 0 Å². The summed E-state index contributed by atoms with van der Waals surface area (Å²) >= 11 is 0. The Balaban J connectivity index is 3.74. The molecule has 2 amide bonds. The number of hydrogen-bond donors (Lipinski definition) is 1. The summed E-state index contributed by atoms with van der Waals surface area (Å²) in [6.45, 7) is 6.31. The largest absolute Gasteiger partial charge is 0.352 e. The number of rotatable bonds is 5. The Morgan fingerprint density at radius 1 is 1.58 bits per heavy atom. The fourth-order valence-electron chi connectivity index (χ4n) is 0.776. The van der Waals surface area contributed by atoms with Gasteiger partial charge in [0.25, 0.3) is 0 Å². The fourth-order valence-corrected chi connectivity index (χ4v) is 0.776. The highest BCUT2D eigenvalue weighted by atomic mass is 16.2. The zero-order chi connectivity index (χ0) is 9.56. The van der Waals surface area contributed by atoms with Crippen LogP contribution in [0.25, 0.3) is 0 Å². The molecule has 4 nitrogen and oxygen atoms in total. The highest BCUT2D eigenvalue weighted by Crippen LogP contribution is 1.83. The van der Waals surface area contributed by atoms with Gasteiger partial charge in [-0.3, -0.25) is 9.59 Å². The second kappa shape index (κ2) is 5.57. The average molecular weight is 172 g/mol. The van der Waals surface area contributed by atoms with E-state index >= 15 is 0 Å². The number of amides is 2. The van der Waals surface area contributed by atoms with Crippen LogP contribution in [0.2, 0.25) is 0 Å². The van der Waals surface area contributed by atoms with Crippen LogP contribution in [-0.4, -0.2) is 36.3 Å². The predicted octanol–water partition coefficient (Wildman–Crippen LogP) is -0.0107. The first-order valence-electron chi connectivity index (χ1n) is 4.08. The molecule has 1 N–H and O–H groups in total. The van der Waals surface area contributed by atoms with E-state index in [1.807, 2.05) is 20.8 Å².